The maximum Gasteiger partial charge on any atom is 0.573 e. The molecular formula is C17H11ClF3N5OS. The Labute approximate surface area is 166 Å². The molecule has 0 atom stereocenters. The van der Waals surface area contributed by atoms with Gasteiger partial charge in [0.1, 0.15) is 11.0 Å². The molecule has 1 N–H and O–H groups in total. The predicted octanol–water partition coefficient (Wildman–Crippen LogP) is 5.12. The minimum atomic E-state index is -4.88. The number of thiazole rings is 1. The maximum atomic E-state index is 12.7. The Balaban J connectivity index is 0.00000225. The first-order valence-electron chi connectivity index (χ1n) is 7.61. The molecule has 0 fully saturated rings. The number of rotatable bonds is 3. The standard InChI is InChI=1S/C17H10F3N5OS.ClH/c1-25-8-22-14-11(25)4-5-13-15(14)24-16(27-13)23-10-3-2-9(7-21)6-12(10)26-17(18,19)20;/h2-6,8H,1H3,(H,23,24);1H. The van der Waals surface area contributed by atoms with Gasteiger partial charge in [-0.05, 0) is 24.3 Å². The van der Waals surface area contributed by atoms with Crippen LogP contribution in [0.5, 0.6) is 5.75 Å². The predicted molar refractivity (Wildman–Crippen MR) is 102 cm³/mol. The average molecular weight is 426 g/mol. The van der Waals surface area contributed by atoms with Gasteiger partial charge in [0, 0.05) is 13.1 Å². The minimum Gasteiger partial charge on any atom is -0.404 e. The zero-order chi connectivity index (χ0) is 19.2. The molecule has 0 aliphatic rings. The van der Waals surface area contributed by atoms with E-state index in [1.54, 1.807) is 12.4 Å². The van der Waals surface area contributed by atoms with Crippen molar-refractivity contribution >= 4 is 55.8 Å². The molecule has 4 aromatic rings. The van der Waals surface area contributed by atoms with Crippen LogP contribution in [0.1, 0.15) is 5.56 Å². The van der Waals surface area contributed by atoms with E-state index in [2.05, 4.69) is 20.0 Å². The van der Waals surface area contributed by atoms with Crippen LogP contribution >= 0.6 is 23.7 Å². The molecule has 0 amide bonds. The van der Waals surface area contributed by atoms with Crippen molar-refractivity contribution < 1.29 is 17.9 Å². The molecule has 2 heterocycles. The van der Waals surface area contributed by atoms with Crippen molar-refractivity contribution in [2.45, 2.75) is 6.36 Å². The number of benzene rings is 2. The summed E-state index contributed by atoms with van der Waals surface area (Å²) in [6.45, 7) is 0. The summed E-state index contributed by atoms with van der Waals surface area (Å²) in [6.07, 6.45) is -3.20. The number of aryl methyl sites for hydroxylation is 1. The number of ether oxygens (including phenoxy) is 1. The van der Waals surface area contributed by atoms with Crippen molar-refractivity contribution in [2.75, 3.05) is 5.32 Å². The van der Waals surface area contributed by atoms with Crippen LogP contribution in [0.2, 0.25) is 0 Å². The molecule has 0 aliphatic carbocycles. The van der Waals surface area contributed by atoms with Gasteiger partial charge in [0.2, 0.25) is 0 Å². The molecule has 0 saturated heterocycles. The molecule has 0 saturated carbocycles. The van der Waals surface area contributed by atoms with E-state index in [0.29, 0.717) is 16.2 Å². The molecule has 6 nitrogen and oxygen atoms in total. The highest BCUT2D eigenvalue weighted by Gasteiger charge is 2.32. The van der Waals surface area contributed by atoms with Crippen LogP contribution in [0, 0.1) is 11.3 Å². The summed E-state index contributed by atoms with van der Waals surface area (Å²) >= 11 is 1.28. The lowest BCUT2D eigenvalue weighted by molar-refractivity contribution is -0.274. The van der Waals surface area contributed by atoms with Gasteiger partial charge in [-0.3, -0.25) is 0 Å². The number of anilines is 2. The lowest BCUT2D eigenvalue weighted by Gasteiger charge is -2.13. The van der Waals surface area contributed by atoms with E-state index in [9.17, 15) is 13.2 Å². The lowest BCUT2D eigenvalue weighted by atomic mass is 10.2. The van der Waals surface area contributed by atoms with Crippen LogP contribution in [-0.2, 0) is 7.05 Å². The van der Waals surface area contributed by atoms with Gasteiger partial charge in [-0.25, -0.2) is 9.97 Å². The van der Waals surface area contributed by atoms with E-state index in [4.69, 9.17) is 5.26 Å². The van der Waals surface area contributed by atoms with Gasteiger partial charge in [-0.2, -0.15) is 5.26 Å². The number of nitrogens with zero attached hydrogens (tertiary/aromatic N) is 4. The summed E-state index contributed by atoms with van der Waals surface area (Å²) in [5, 5.41) is 12.1. The fourth-order valence-corrected chi connectivity index (χ4v) is 3.54. The second-order valence-corrected chi connectivity index (χ2v) is 6.68. The molecule has 0 aliphatic heterocycles. The number of hydrogen-bond acceptors (Lipinski definition) is 6. The molecule has 0 spiro atoms. The second kappa shape index (κ2) is 7.18. The third-order valence-corrected chi connectivity index (χ3v) is 4.77. The first-order valence-corrected chi connectivity index (χ1v) is 8.43. The van der Waals surface area contributed by atoms with E-state index in [1.807, 2.05) is 23.7 Å². The second-order valence-electron chi connectivity index (χ2n) is 5.65. The highest BCUT2D eigenvalue weighted by molar-refractivity contribution is 7.22. The fraction of sp³-hybridized carbons (Fsp3) is 0.118. The van der Waals surface area contributed by atoms with E-state index >= 15 is 0 Å². The van der Waals surface area contributed by atoms with Gasteiger partial charge in [-0.1, -0.05) is 11.3 Å². The number of nitriles is 1. The van der Waals surface area contributed by atoms with Gasteiger partial charge in [0.05, 0.1) is 33.9 Å². The fourth-order valence-electron chi connectivity index (χ4n) is 2.66. The number of aromatic nitrogens is 3. The Morgan fingerprint density at radius 1 is 1.21 bits per heavy atom. The zero-order valence-electron chi connectivity index (χ0n) is 14.1. The summed E-state index contributed by atoms with van der Waals surface area (Å²) in [5.74, 6) is -0.496. The number of hydrogen-bond donors (Lipinski definition) is 1. The number of nitrogens with one attached hydrogen (secondary N) is 1. The number of alkyl halides is 3. The molecule has 2 aromatic carbocycles. The third-order valence-electron chi connectivity index (χ3n) is 3.83. The third kappa shape index (κ3) is 3.67. The SMILES string of the molecule is Cl.Cn1cnc2c3nc(Nc4ccc(C#N)cc4OC(F)(F)F)sc3ccc21. The molecule has 0 unspecified atom stereocenters. The molecule has 4 rings (SSSR count). The van der Waals surface area contributed by atoms with Crippen LogP contribution in [-0.4, -0.2) is 20.9 Å². The van der Waals surface area contributed by atoms with Crippen LogP contribution in [0.4, 0.5) is 24.0 Å². The van der Waals surface area contributed by atoms with Crippen LogP contribution in [0.15, 0.2) is 36.7 Å². The van der Waals surface area contributed by atoms with Crippen molar-refractivity contribution in [1.29, 1.82) is 5.26 Å². The minimum absolute atomic E-state index is 0. The quantitative estimate of drug-likeness (QED) is 0.493. The number of fused-ring (bicyclic) bond motifs is 3. The first-order chi connectivity index (χ1) is 12.8. The van der Waals surface area contributed by atoms with Crippen molar-refractivity contribution in [3.8, 4) is 11.8 Å². The Morgan fingerprint density at radius 2 is 2.00 bits per heavy atom. The van der Waals surface area contributed by atoms with Gasteiger partial charge >= 0.3 is 6.36 Å². The highest BCUT2D eigenvalue weighted by Crippen LogP contribution is 2.36. The van der Waals surface area contributed by atoms with Crippen molar-refractivity contribution in [2.24, 2.45) is 7.05 Å². The number of halogens is 4. The smallest absolute Gasteiger partial charge is 0.404 e. The molecular weight excluding hydrogens is 415 g/mol. The van der Waals surface area contributed by atoms with E-state index < -0.39 is 12.1 Å². The van der Waals surface area contributed by atoms with Gasteiger partial charge in [-0.15, -0.1) is 25.6 Å². The van der Waals surface area contributed by atoms with Crippen LogP contribution < -0.4 is 10.1 Å². The zero-order valence-corrected chi connectivity index (χ0v) is 15.7. The van der Waals surface area contributed by atoms with E-state index in [0.717, 1.165) is 16.3 Å². The van der Waals surface area contributed by atoms with E-state index in [1.165, 1.54) is 23.5 Å². The highest BCUT2D eigenvalue weighted by atomic mass is 35.5. The maximum absolute atomic E-state index is 12.7. The molecule has 144 valence electrons. The molecule has 11 heteroatoms. The van der Waals surface area contributed by atoms with Gasteiger partial charge < -0.3 is 14.6 Å². The number of imidazole rings is 1. The normalized spacial score (nSPS) is 11.2. The summed E-state index contributed by atoms with van der Waals surface area (Å²) < 4.78 is 44.8. The Bertz CT molecular complexity index is 1210. The summed E-state index contributed by atoms with van der Waals surface area (Å²) in [7, 11) is 1.87. The lowest BCUT2D eigenvalue weighted by Crippen LogP contribution is -2.18. The van der Waals surface area contributed by atoms with Gasteiger partial charge in [0.25, 0.3) is 0 Å². The summed E-state index contributed by atoms with van der Waals surface area (Å²) in [6, 6.07) is 9.36. The van der Waals surface area contributed by atoms with Crippen LogP contribution in [0.3, 0.4) is 0 Å². The van der Waals surface area contributed by atoms with Crippen molar-refractivity contribution in [3.63, 3.8) is 0 Å². The van der Waals surface area contributed by atoms with Gasteiger partial charge in [0.15, 0.2) is 10.9 Å². The topological polar surface area (TPSA) is 75.8 Å². The Morgan fingerprint density at radius 3 is 2.71 bits per heavy atom. The molecule has 2 aromatic heterocycles. The Kier molecular flexibility index (Phi) is 5.06. The largest absolute Gasteiger partial charge is 0.573 e. The molecule has 28 heavy (non-hydrogen) atoms. The molecule has 0 bridgehead atoms. The van der Waals surface area contributed by atoms with Crippen molar-refractivity contribution in [1.82, 2.24) is 14.5 Å². The monoisotopic (exact) mass is 425 g/mol. The van der Waals surface area contributed by atoms with Crippen LogP contribution in [0.25, 0.3) is 21.3 Å². The molecule has 0 radical (unpaired) electrons. The summed E-state index contributed by atoms with van der Waals surface area (Å²) in [5.41, 5.74) is 2.39. The first kappa shape index (κ1) is 19.7. The average Bonchev–Trinajstić information content (AvgIpc) is 3.18. The Hall–Kier alpha value is -3.03. The van der Waals surface area contributed by atoms with Crippen molar-refractivity contribution in [3.05, 3.63) is 42.2 Å². The van der Waals surface area contributed by atoms with E-state index in [-0.39, 0.29) is 23.7 Å². The summed E-state index contributed by atoms with van der Waals surface area (Å²) in [4.78, 5) is 8.78.